The molecule has 2 aromatic rings. The predicted molar refractivity (Wildman–Crippen MR) is 115 cm³/mol. The molecule has 1 saturated heterocycles. The highest BCUT2D eigenvalue weighted by atomic mass is 16.5. The Morgan fingerprint density at radius 1 is 1.28 bits per heavy atom. The van der Waals surface area contributed by atoms with Crippen LogP contribution in [0.5, 0.6) is 0 Å². The topological polar surface area (TPSA) is 72.3 Å². The molecule has 3 heterocycles. The van der Waals surface area contributed by atoms with E-state index in [1.54, 1.807) is 0 Å². The van der Waals surface area contributed by atoms with Gasteiger partial charge in [0.25, 0.3) is 0 Å². The Morgan fingerprint density at radius 2 is 2.03 bits per heavy atom. The van der Waals surface area contributed by atoms with E-state index in [4.69, 9.17) is 9.72 Å². The smallest absolute Gasteiger partial charge is 0.220 e. The maximum atomic E-state index is 12.5. The number of hydrogen-bond acceptors (Lipinski definition) is 5. The van der Waals surface area contributed by atoms with Gasteiger partial charge in [-0.1, -0.05) is 13.8 Å². The summed E-state index contributed by atoms with van der Waals surface area (Å²) in [6, 6.07) is 0. The minimum atomic E-state index is 0.0661. The second kappa shape index (κ2) is 9.22. The van der Waals surface area contributed by atoms with Crippen LogP contribution in [0.2, 0.25) is 0 Å². The van der Waals surface area contributed by atoms with Gasteiger partial charge in [-0.05, 0) is 44.2 Å². The van der Waals surface area contributed by atoms with Gasteiger partial charge >= 0.3 is 0 Å². The second-order valence-electron chi connectivity index (χ2n) is 8.66. The molecule has 3 rings (SSSR count). The molecular weight excluding hydrogens is 366 g/mol. The molecule has 7 nitrogen and oxygen atoms in total. The molecule has 0 saturated carbocycles. The van der Waals surface area contributed by atoms with E-state index in [0.717, 1.165) is 54.2 Å². The lowest BCUT2D eigenvalue weighted by atomic mass is 9.99. The van der Waals surface area contributed by atoms with E-state index in [0.29, 0.717) is 25.3 Å². The third kappa shape index (κ3) is 5.14. The van der Waals surface area contributed by atoms with E-state index in [9.17, 15) is 4.79 Å². The van der Waals surface area contributed by atoms with E-state index < -0.39 is 0 Å². The zero-order valence-electron chi connectivity index (χ0n) is 18.7. The van der Waals surface area contributed by atoms with Crippen molar-refractivity contribution in [2.45, 2.75) is 53.6 Å². The summed E-state index contributed by atoms with van der Waals surface area (Å²) >= 11 is 0. The standard InChI is InChI=1S/C22H35N5O2/c1-14(2)12-27-9-10-29-18(13-27)11-23-20(28)8-7-19-15(3)21-17(5)25-26(6)22(21)24-16(19)4/h14,18H,7-13H2,1-6H3,(H,23,28). The number of amides is 1. The first kappa shape index (κ1) is 21.7. The summed E-state index contributed by atoms with van der Waals surface area (Å²) < 4.78 is 7.66. The van der Waals surface area contributed by atoms with Gasteiger partial charge in [-0.2, -0.15) is 5.10 Å². The average molecular weight is 402 g/mol. The highest BCUT2D eigenvalue weighted by molar-refractivity contribution is 5.84. The van der Waals surface area contributed by atoms with Crippen LogP contribution in [0.4, 0.5) is 0 Å². The van der Waals surface area contributed by atoms with E-state index in [1.165, 1.54) is 5.56 Å². The number of morpholine rings is 1. The summed E-state index contributed by atoms with van der Waals surface area (Å²) in [6.07, 6.45) is 1.22. The van der Waals surface area contributed by atoms with Crippen LogP contribution >= 0.6 is 0 Å². The van der Waals surface area contributed by atoms with Gasteiger partial charge in [-0.15, -0.1) is 0 Å². The Balaban J connectivity index is 1.55. The molecule has 0 aliphatic carbocycles. The number of nitrogens with zero attached hydrogens (tertiary/aromatic N) is 4. The fourth-order valence-electron chi connectivity index (χ4n) is 4.37. The zero-order valence-corrected chi connectivity index (χ0v) is 18.7. The Bertz CT molecular complexity index is 874. The molecule has 160 valence electrons. The van der Waals surface area contributed by atoms with Gasteiger partial charge in [-0.3, -0.25) is 14.4 Å². The van der Waals surface area contributed by atoms with Crippen molar-refractivity contribution in [3.63, 3.8) is 0 Å². The van der Waals surface area contributed by atoms with Gasteiger partial charge in [0, 0.05) is 50.7 Å². The van der Waals surface area contributed by atoms with Gasteiger partial charge in [0.1, 0.15) is 0 Å². The van der Waals surface area contributed by atoms with Crippen LogP contribution in [-0.2, 0) is 23.0 Å². The first-order valence-corrected chi connectivity index (χ1v) is 10.7. The number of ether oxygens (including phenoxy) is 1. The number of pyridine rings is 1. The van der Waals surface area contributed by atoms with Gasteiger partial charge < -0.3 is 10.1 Å². The number of hydrogen-bond donors (Lipinski definition) is 1. The molecule has 1 aliphatic rings. The van der Waals surface area contributed by atoms with Gasteiger partial charge in [-0.25, -0.2) is 4.98 Å². The molecule has 7 heteroatoms. The highest BCUT2D eigenvalue weighted by Crippen LogP contribution is 2.25. The lowest BCUT2D eigenvalue weighted by molar-refractivity contribution is -0.122. The van der Waals surface area contributed by atoms with Crippen LogP contribution in [0.25, 0.3) is 11.0 Å². The van der Waals surface area contributed by atoms with Crippen LogP contribution in [0, 0.1) is 26.7 Å². The van der Waals surface area contributed by atoms with Crippen LogP contribution < -0.4 is 5.32 Å². The third-order valence-corrected chi connectivity index (χ3v) is 5.71. The molecule has 0 bridgehead atoms. The fraction of sp³-hybridized carbons (Fsp3) is 0.682. The number of fused-ring (bicyclic) bond motifs is 1. The average Bonchev–Trinajstić information content (AvgIpc) is 2.93. The van der Waals surface area contributed by atoms with Crippen LogP contribution in [0.1, 0.15) is 42.8 Å². The van der Waals surface area contributed by atoms with Crippen LogP contribution in [0.3, 0.4) is 0 Å². The molecule has 1 unspecified atom stereocenters. The quantitative estimate of drug-likeness (QED) is 0.771. The Morgan fingerprint density at radius 3 is 2.76 bits per heavy atom. The van der Waals surface area contributed by atoms with Crippen molar-refractivity contribution in [3.8, 4) is 0 Å². The summed E-state index contributed by atoms with van der Waals surface area (Å²) in [6.45, 7) is 14.9. The summed E-state index contributed by atoms with van der Waals surface area (Å²) in [5, 5.41) is 8.66. The second-order valence-corrected chi connectivity index (χ2v) is 8.66. The summed E-state index contributed by atoms with van der Waals surface area (Å²) in [7, 11) is 1.92. The fourth-order valence-corrected chi connectivity index (χ4v) is 4.37. The Labute approximate surface area is 173 Å². The third-order valence-electron chi connectivity index (χ3n) is 5.71. The minimum Gasteiger partial charge on any atom is -0.374 e. The summed E-state index contributed by atoms with van der Waals surface area (Å²) in [4.78, 5) is 19.6. The minimum absolute atomic E-state index is 0.0661. The number of aryl methyl sites for hydroxylation is 4. The molecule has 1 amide bonds. The lowest BCUT2D eigenvalue weighted by Crippen LogP contribution is -2.48. The molecule has 1 aliphatic heterocycles. The molecule has 0 aromatic carbocycles. The Hall–Kier alpha value is -1.99. The monoisotopic (exact) mass is 401 g/mol. The van der Waals surface area contributed by atoms with Crippen molar-refractivity contribution in [2.75, 3.05) is 32.8 Å². The SMILES string of the molecule is Cc1nc2c(c(C)nn2C)c(C)c1CCC(=O)NCC1CN(CC(C)C)CCO1. The summed E-state index contributed by atoms with van der Waals surface area (Å²) in [5.74, 6) is 0.709. The number of aromatic nitrogens is 3. The van der Waals surface area contributed by atoms with Crippen molar-refractivity contribution < 1.29 is 9.53 Å². The van der Waals surface area contributed by atoms with E-state index in [2.05, 4.69) is 36.1 Å². The number of carbonyl (C=O) groups is 1. The lowest BCUT2D eigenvalue weighted by Gasteiger charge is -2.33. The first-order valence-electron chi connectivity index (χ1n) is 10.7. The van der Waals surface area contributed by atoms with Crippen LogP contribution in [0.15, 0.2) is 0 Å². The van der Waals surface area contributed by atoms with Crippen LogP contribution in [-0.4, -0.2) is 64.5 Å². The summed E-state index contributed by atoms with van der Waals surface area (Å²) in [5.41, 5.74) is 5.21. The number of nitrogens with one attached hydrogen (secondary N) is 1. The molecule has 2 aromatic heterocycles. The molecule has 1 N–H and O–H groups in total. The van der Waals surface area contributed by atoms with Crippen molar-refractivity contribution in [3.05, 3.63) is 22.5 Å². The van der Waals surface area contributed by atoms with Crippen molar-refractivity contribution >= 4 is 16.9 Å². The maximum absolute atomic E-state index is 12.5. The maximum Gasteiger partial charge on any atom is 0.220 e. The van der Waals surface area contributed by atoms with E-state index >= 15 is 0 Å². The largest absolute Gasteiger partial charge is 0.374 e. The van der Waals surface area contributed by atoms with Gasteiger partial charge in [0.15, 0.2) is 5.65 Å². The van der Waals surface area contributed by atoms with Crippen molar-refractivity contribution in [1.82, 2.24) is 25.0 Å². The van der Waals surface area contributed by atoms with Crippen molar-refractivity contribution in [1.29, 1.82) is 0 Å². The van der Waals surface area contributed by atoms with Gasteiger partial charge in [0.2, 0.25) is 5.91 Å². The Kier molecular flexibility index (Phi) is 6.90. The molecule has 0 radical (unpaired) electrons. The molecule has 1 atom stereocenters. The molecule has 1 fully saturated rings. The molecule has 0 spiro atoms. The molecule has 29 heavy (non-hydrogen) atoms. The first-order chi connectivity index (χ1) is 13.8. The van der Waals surface area contributed by atoms with E-state index in [1.807, 2.05) is 25.6 Å². The highest BCUT2D eigenvalue weighted by Gasteiger charge is 2.22. The number of carbonyl (C=O) groups excluding carboxylic acids is 1. The normalized spacial score (nSPS) is 18.0. The van der Waals surface area contributed by atoms with Crippen molar-refractivity contribution in [2.24, 2.45) is 13.0 Å². The van der Waals surface area contributed by atoms with E-state index in [-0.39, 0.29) is 12.0 Å². The zero-order chi connectivity index (χ0) is 21.1. The predicted octanol–water partition coefficient (Wildman–Crippen LogP) is 2.30. The number of rotatable bonds is 7. The van der Waals surface area contributed by atoms with Gasteiger partial charge in [0.05, 0.1) is 18.4 Å². The molecular formula is C22H35N5O2.